The van der Waals surface area contributed by atoms with E-state index in [-0.39, 0.29) is 34.1 Å². The molecule has 0 N–H and O–H groups in total. The predicted molar refractivity (Wildman–Crippen MR) is 106 cm³/mol. The number of alkyl halides is 3. The number of methoxy groups -OCH3 is 1. The molecule has 0 atom stereocenters. The van der Waals surface area contributed by atoms with Crippen molar-refractivity contribution in [1.29, 1.82) is 0 Å². The normalized spacial score (nSPS) is 11.6. The fourth-order valence-corrected chi connectivity index (χ4v) is 3.00. The Morgan fingerprint density at radius 2 is 1.84 bits per heavy atom. The Morgan fingerprint density at radius 1 is 1.13 bits per heavy atom. The molecule has 0 saturated heterocycles. The summed E-state index contributed by atoms with van der Waals surface area (Å²) < 4.78 is 61.8. The Labute approximate surface area is 175 Å². The van der Waals surface area contributed by atoms with Crippen LogP contribution in [0.15, 0.2) is 51.7 Å². The molecule has 3 rings (SSSR count). The molecule has 0 fully saturated rings. The van der Waals surface area contributed by atoms with Crippen molar-refractivity contribution in [2.45, 2.75) is 26.1 Å². The lowest BCUT2D eigenvalue weighted by Crippen LogP contribution is -2.19. The molecule has 6 nitrogen and oxygen atoms in total. The standard InChI is InChI=1S/C22H19F3O6/c1-12(2)30-18(26)11-29-13-8-9-15-17(10-13)31-21(22(23,24)25)19(20(15)27)14-6-4-5-7-16(14)28-3/h4-10,12H,11H2,1-3H3. The third kappa shape index (κ3) is 4.82. The zero-order chi connectivity index (χ0) is 22.8. The highest BCUT2D eigenvalue weighted by Gasteiger charge is 2.40. The molecule has 2 aromatic carbocycles. The van der Waals surface area contributed by atoms with Crippen molar-refractivity contribution in [3.63, 3.8) is 0 Å². The van der Waals surface area contributed by atoms with E-state index in [1.54, 1.807) is 19.9 Å². The SMILES string of the molecule is COc1ccccc1-c1c(C(F)(F)F)oc2cc(OCC(=O)OC(C)C)ccc2c1=O. The van der Waals surface area contributed by atoms with E-state index in [0.717, 1.165) is 6.07 Å². The summed E-state index contributed by atoms with van der Waals surface area (Å²) >= 11 is 0. The first-order chi connectivity index (χ1) is 14.6. The topological polar surface area (TPSA) is 75.0 Å². The minimum atomic E-state index is -4.94. The van der Waals surface area contributed by atoms with Crippen molar-refractivity contribution in [3.8, 4) is 22.6 Å². The first kappa shape index (κ1) is 22.2. The van der Waals surface area contributed by atoms with Crippen LogP contribution in [-0.4, -0.2) is 25.8 Å². The molecule has 0 amide bonds. The Balaban J connectivity index is 2.12. The van der Waals surface area contributed by atoms with Crippen molar-refractivity contribution < 1.29 is 36.6 Å². The lowest BCUT2D eigenvalue weighted by molar-refractivity contribution is -0.152. The molecule has 0 saturated carbocycles. The first-order valence-electron chi connectivity index (χ1n) is 9.25. The number of halogens is 3. The van der Waals surface area contributed by atoms with E-state index in [9.17, 15) is 22.8 Å². The average Bonchev–Trinajstić information content (AvgIpc) is 2.71. The lowest BCUT2D eigenvalue weighted by Gasteiger charge is -2.15. The minimum Gasteiger partial charge on any atom is -0.496 e. The second-order valence-electron chi connectivity index (χ2n) is 6.82. The van der Waals surface area contributed by atoms with Gasteiger partial charge < -0.3 is 18.6 Å². The number of hydrogen-bond acceptors (Lipinski definition) is 6. The van der Waals surface area contributed by atoms with Gasteiger partial charge in [0, 0.05) is 11.6 Å². The molecule has 0 aliphatic carbocycles. The first-order valence-corrected chi connectivity index (χ1v) is 9.25. The van der Waals surface area contributed by atoms with Gasteiger partial charge in [-0.05, 0) is 32.0 Å². The minimum absolute atomic E-state index is 0.0373. The molecule has 1 heterocycles. The highest BCUT2D eigenvalue weighted by atomic mass is 19.4. The number of carbonyl (C=O) groups excluding carboxylic acids is 1. The molecule has 164 valence electrons. The summed E-state index contributed by atoms with van der Waals surface area (Å²) in [5.41, 5.74) is -1.88. The number of benzene rings is 2. The van der Waals surface area contributed by atoms with Gasteiger partial charge in [-0.2, -0.15) is 13.2 Å². The van der Waals surface area contributed by atoms with E-state index >= 15 is 0 Å². The van der Waals surface area contributed by atoms with Gasteiger partial charge in [-0.25, -0.2) is 4.79 Å². The van der Waals surface area contributed by atoms with Crippen LogP contribution in [0.3, 0.4) is 0 Å². The summed E-state index contributed by atoms with van der Waals surface area (Å²) in [6, 6.07) is 9.64. The summed E-state index contributed by atoms with van der Waals surface area (Å²) in [5, 5.41) is -0.0778. The molecule has 1 aromatic heterocycles. The van der Waals surface area contributed by atoms with Crippen LogP contribution in [0.4, 0.5) is 13.2 Å². The number of fused-ring (bicyclic) bond motifs is 1. The van der Waals surface area contributed by atoms with Crippen LogP contribution in [0.1, 0.15) is 19.6 Å². The van der Waals surface area contributed by atoms with E-state index in [2.05, 4.69) is 0 Å². The quantitative estimate of drug-likeness (QED) is 0.516. The van der Waals surface area contributed by atoms with Gasteiger partial charge in [0.15, 0.2) is 6.61 Å². The molecule has 31 heavy (non-hydrogen) atoms. The number of hydrogen-bond donors (Lipinski definition) is 0. The highest BCUT2D eigenvalue weighted by molar-refractivity contribution is 5.85. The zero-order valence-corrected chi connectivity index (χ0v) is 16.9. The monoisotopic (exact) mass is 436 g/mol. The van der Waals surface area contributed by atoms with Crippen molar-refractivity contribution in [3.05, 3.63) is 58.4 Å². The summed E-state index contributed by atoms with van der Waals surface area (Å²) in [4.78, 5) is 24.6. The van der Waals surface area contributed by atoms with Crippen molar-refractivity contribution >= 4 is 16.9 Å². The van der Waals surface area contributed by atoms with E-state index in [1.807, 2.05) is 0 Å². The van der Waals surface area contributed by atoms with Crippen LogP contribution < -0.4 is 14.9 Å². The maximum atomic E-state index is 13.8. The van der Waals surface area contributed by atoms with Gasteiger partial charge >= 0.3 is 12.1 Å². The second-order valence-corrected chi connectivity index (χ2v) is 6.82. The smallest absolute Gasteiger partial charge is 0.450 e. The number of ether oxygens (including phenoxy) is 3. The van der Waals surface area contributed by atoms with Gasteiger partial charge in [-0.3, -0.25) is 4.79 Å². The van der Waals surface area contributed by atoms with Gasteiger partial charge in [0.2, 0.25) is 11.2 Å². The Morgan fingerprint density at radius 3 is 2.48 bits per heavy atom. The molecule has 9 heteroatoms. The number of rotatable bonds is 6. The Kier molecular flexibility index (Phi) is 6.24. The Hall–Kier alpha value is -3.49. The Bertz CT molecular complexity index is 1160. The molecule has 0 aliphatic rings. The second kappa shape index (κ2) is 8.71. The molecule has 0 spiro atoms. The summed E-state index contributed by atoms with van der Waals surface area (Å²) in [7, 11) is 1.29. The largest absolute Gasteiger partial charge is 0.496 e. The van der Waals surface area contributed by atoms with Crippen LogP contribution in [-0.2, 0) is 15.7 Å². The number of para-hydroxylation sites is 1. The van der Waals surface area contributed by atoms with Crippen LogP contribution in [0, 0.1) is 0 Å². The maximum absolute atomic E-state index is 13.8. The maximum Gasteiger partial charge on any atom is 0.450 e. The van der Waals surface area contributed by atoms with Gasteiger partial charge in [-0.1, -0.05) is 18.2 Å². The third-order valence-electron chi connectivity index (χ3n) is 4.22. The molecule has 0 unspecified atom stereocenters. The van der Waals surface area contributed by atoms with Crippen LogP contribution in [0.25, 0.3) is 22.1 Å². The molecule has 0 bridgehead atoms. The van der Waals surface area contributed by atoms with E-state index in [0.29, 0.717) is 0 Å². The van der Waals surface area contributed by atoms with E-state index in [1.165, 1.54) is 37.4 Å². The molecule has 0 aliphatic heterocycles. The van der Waals surface area contributed by atoms with Crippen LogP contribution in [0.5, 0.6) is 11.5 Å². The molecular weight excluding hydrogens is 417 g/mol. The van der Waals surface area contributed by atoms with Crippen molar-refractivity contribution in [2.24, 2.45) is 0 Å². The van der Waals surface area contributed by atoms with E-state index in [4.69, 9.17) is 18.6 Å². The fraction of sp³-hybridized carbons (Fsp3) is 0.273. The number of carbonyl (C=O) groups is 1. The van der Waals surface area contributed by atoms with Crippen molar-refractivity contribution in [2.75, 3.05) is 13.7 Å². The molecule has 0 radical (unpaired) electrons. The van der Waals surface area contributed by atoms with Crippen molar-refractivity contribution in [1.82, 2.24) is 0 Å². The third-order valence-corrected chi connectivity index (χ3v) is 4.22. The zero-order valence-electron chi connectivity index (χ0n) is 16.9. The summed E-state index contributed by atoms with van der Waals surface area (Å²) in [5.74, 6) is -1.94. The summed E-state index contributed by atoms with van der Waals surface area (Å²) in [6.45, 7) is 2.89. The number of esters is 1. The predicted octanol–water partition coefficient (Wildman–Crippen LogP) is 4.82. The summed E-state index contributed by atoms with van der Waals surface area (Å²) in [6.07, 6.45) is -5.28. The van der Waals surface area contributed by atoms with Gasteiger partial charge in [-0.15, -0.1) is 0 Å². The lowest BCUT2D eigenvalue weighted by atomic mass is 10.0. The van der Waals surface area contributed by atoms with Crippen LogP contribution >= 0.6 is 0 Å². The molecular formula is C22H19F3O6. The van der Waals surface area contributed by atoms with Gasteiger partial charge in [0.05, 0.1) is 24.2 Å². The average molecular weight is 436 g/mol. The molecule has 3 aromatic rings. The van der Waals surface area contributed by atoms with Gasteiger partial charge in [0.1, 0.15) is 17.1 Å². The van der Waals surface area contributed by atoms with Crippen LogP contribution in [0.2, 0.25) is 0 Å². The van der Waals surface area contributed by atoms with Gasteiger partial charge in [0.25, 0.3) is 0 Å². The van der Waals surface area contributed by atoms with E-state index < -0.39 is 35.5 Å². The highest BCUT2D eigenvalue weighted by Crippen LogP contribution is 2.40. The fourth-order valence-electron chi connectivity index (χ4n) is 3.00.